The Bertz CT molecular complexity index is 310. The van der Waals surface area contributed by atoms with Crippen LogP contribution in [0.3, 0.4) is 0 Å². The van der Waals surface area contributed by atoms with Gasteiger partial charge < -0.3 is 10.8 Å². The second kappa shape index (κ2) is 4.63. The lowest BCUT2D eigenvalue weighted by atomic mass is 10.2. The van der Waals surface area contributed by atoms with Crippen molar-refractivity contribution < 1.29 is 18.3 Å². The highest BCUT2D eigenvalue weighted by Crippen LogP contribution is 2.27. The van der Waals surface area contributed by atoms with Crippen molar-refractivity contribution in [3.05, 3.63) is 18.0 Å². The Morgan fingerprint density at radius 3 is 2.67 bits per heavy atom. The Morgan fingerprint density at radius 1 is 1.53 bits per heavy atom. The molecular formula is C8H12F3N3O. The maximum atomic E-state index is 12.1. The van der Waals surface area contributed by atoms with E-state index in [1.807, 2.05) is 0 Å². The van der Waals surface area contributed by atoms with Gasteiger partial charge in [0, 0.05) is 18.8 Å². The van der Waals surface area contributed by atoms with Gasteiger partial charge in [-0.15, -0.1) is 0 Å². The number of aliphatic hydroxyl groups excluding tert-OH is 1. The molecule has 0 saturated heterocycles. The summed E-state index contributed by atoms with van der Waals surface area (Å²) in [6.45, 7) is 0.0746. The first-order valence-corrected chi connectivity index (χ1v) is 4.40. The SMILES string of the molecule is NC(CCO)Cn1ccc(C(F)(F)F)n1. The van der Waals surface area contributed by atoms with Crippen molar-refractivity contribution in [1.82, 2.24) is 9.78 Å². The van der Waals surface area contributed by atoms with Gasteiger partial charge in [-0.2, -0.15) is 18.3 Å². The molecule has 1 aromatic heterocycles. The molecule has 1 rings (SSSR count). The van der Waals surface area contributed by atoms with Crippen LogP contribution >= 0.6 is 0 Å². The van der Waals surface area contributed by atoms with Crippen molar-refractivity contribution in [2.75, 3.05) is 6.61 Å². The molecule has 0 aliphatic rings. The quantitative estimate of drug-likeness (QED) is 0.786. The number of aliphatic hydroxyl groups is 1. The van der Waals surface area contributed by atoms with E-state index in [1.165, 1.54) is 6.20 Å². The van der Waals surface area contributed by atoms with Gasteiger partial charge in [0.15, 0.2) is 5.69 Å². The van der Waals surface area contributed by atoms with E-state index in [0.717, 1.165) is 10.7 Å². The Balaban J connectivity index is 2.61. The maximum absolute atomic E-state index is 12.1. The molecule has 0 spiro atoms. The lowest BCUT2D eigenvalue weighted by molar-refractivity contribution is -0.141. The van der Waals surface area contributed by atoms with Crippen LogP contribution in [0.2, 0.25) is 0 Å². The largest absolute Gasteiger partial charge is 0.435 e. The molecule has 0 radical (unpaired) electrons. The van der Waals surface area contributed by atoms with Crippen LogP contribution in [0, 0.1) is 0 Å². The van der Waals surface area contributed by atoms with Crippen molar-refractivity contribution in [2.24, 2.45) is 5.73 Å². The van der Waals surface area contributed by atoms with Gasteiger partial charge in [-0.05, 0) is 12.5 Å². The van der Waals surface area contributed by atoms with Gasteiger partial charge in [0.25, 0.3) is 0 Å². The molecule has 1 unspecified atom stereocenters. The van der Waals surface area contributed by atoms with E-state index in [2.05, 4.69) is 5.10 Å². The highest BCUT2D eigenvalue weighted by atomic mass is 19.4. The summed E-state index contributed by atoms with van der Waals surface area (Å²) in [6, 6.07) is 0.502. The number of alkyl halides is 3. The first-order valence-electron chi connectivity index (χ1n) is 4.40. The van der Waals surface area contributed by atoms with E-state index in [0.29, 0.717) is 6.42 Å². The fraction of sp³-hybridized carbons (Fsp3) is 0.625. The third kappa shape index (κ3) is 3.52. The lowest BCUT2D eigenvalue weighted by Gasteiger charge is -2.09. The summed E-state index contributed by atoms with van der Waals surface area (Å²) < 4.78 is 37.5. The molecule has 1 heterocycles. The third-order valence-corrected chi connectivity index (χ3v) is 1.85. The van der Waals surface area contributed by atoms with Gasteiger partial charge in [-0.25, -0.2) is 0 Å². The van der Waals surface area contributed by atoms with Crippen molar-refractivity contribution in [1.29, 1.82) is 0 Å². The summed E-state index contributed by atoms with van der Waals surface area (Å²) in [5, 5.41) is 11.9. The highest BCUT2D eigenvalue weighted by molar-refractivity contribution is 5.03. The zero-order chi connectivity index (χ0) is 11.5. The zero-order valence-corrected chi connectivity index (χ0v) is 7.91. The minimum absolute atomic E-state index is 0.0887. The number of nitrogens with two attached hydrogens (primary N) is 1. The van der Waals surface area contributed by atoms with Crippen LogP contribution in [-0.4, -0.2) is 27.5 Å². The summed E-state index contributed by atoms with van der Waals surface area (Å²) in [7, 11) is 0. The molecule has 86 valence electrons. The molecule has 1 aromatic rings. The predicted octanol–water partition coefficient (Wildman–Crippen LogP) is 0.612. The van der Waals surface area contributed by atoms with Crippen LogP contribution in [0.25, 0.3) is 0 Å². The fourth-order valence-electron chi connectivity index (χ4n) is 1.11. The minimum Gasteiger partial charge on any atom is -0.396 e. The van der Waals surface area contributed by atoms with Crippen LogP contribution in [0.1, 0.15) is 12.1 Å². The molecule has 15 heavy (non-hydrogen) atoms. The number of nitrogens with zero attached hydrogens (tertiary/aromatic N) is 2. The average molecular weight is 223 g/mol. The molecule has 7 heteroatoms. The summed E-state index contributed by atoms with van der Waals surface area (Å²) in [4.78, 5) is 0. The van der Waals surface area contributed by atoms with E-state index < -0.39 is 17.9 Å². The van der Waals surface area contributed by atoms with Gasteiger partial charge in [-0.3, -0.25) is 4.68 Å². The normalized spacial score (nSPS) is 14.2. The van der Waals surface area contributed by atoms with Crippen molar-refractivity contribution in [3.8, 4) is 0 Å². The average Bonchev–Trinajstić information content (AvgIpc) is 2.52. The number of hydrogen-bond acceptors (Lipinski definition) is 3. The van der Waals surface area contributed by atoms with Gasteiger partial charge in [0.1, 0.15) is 0 Å². The van der Waals surface area contributed by atoms with Crippen LogP contribution < -0.4 is 5.73 Å². The highest BCUT2D eigenvalue weighted by Gasteiger charge is 2.33. The van der Waals surface area contributed by atoms with E-state index in [-0.39, 0.29) is 13.2 Å². The molecule has 0 fully saturated rings. The van der Waals surface area contributed by atoms with Crippen LogP contribution in [-0.2, 0) is 12.7 Å². The molecule has 0 aliphatic heterocycles. The fourth-order valence-corrected chi connectivity index (χ4v) is 1.11. The van der Waals surface area contributed by atoms with E-state index >= 15 is 0 Å². The van der Waals surface area contributed by atoms with Crippen LogP contribution in [0.4, 0.5) is 13.2 Å². The number of halogens is 3. The van der Waals surface area contributed by atoms with Crippen molar-refractivity contribution in [2.45, 2.75) is 25.2 Å². The van der Waals surface area contributed by atoms with Crippen LogP contribution in [0.15, 0.2) is 12.3 Å². The van der Waals surface area contributed by atoms with E-state index in [9.17, 15) is 13.2 Å². The molecule has 3 N–H and O–H groups in total. The second-order valence-corrected chi connectivity index (χ2v) is 3.19. The van der Waals surface area contributed by atoms with E-state index in [4.69, 9.17) is 10.8 Å². The molecule has 4 nitrogen and oxygen atoms in total. The Hall–Kier alpha value is -1.08. The molecule has 0 aliphatic carbocycles. The third-order valence-electron chi connectivity index (χ3n) is 1.85. The van der Waals surface area contributed by atoms with Crippen molar-refractivity contribution >= 4 is 0 Å². The van der Waals surface area contributed by atoms with Crippen molar-refractivity contribution in [3.63, 3.8) is 0 Å². The Labute approximate surface area is 84.5 Å². The zero-order valence-electron chi connectivity index (χ0n) is 7.91. The van der Waals surface area contributed by atoms with Gasteiger partial charge in [0.05, 0.1) is 6.54 Å². The molecule has 0 amide bonds. The Morgan fingerprint density at radius 2 is 2.20 bits per heavy atom. The van der Waals surface area contributed by atoms with Crippen LogP contribution in [0.5, 0.6) is 0 Å². The second-order valence-electron chi connectivity index (χ2n) is 3.19. The summed E-state index contributed by atoms with van der Waals surface area (Å²) in [5.41, 5.74) is 4.60. The van der Waals surface area contributed by atoms with Gasteiger partial charge in [-0.1, -0.05) is 0 Å². The van der Waals surface area contributed by atoms with E-state index in [1.54, 1.807) is 0 Å². The summed E-state index contributed by atoms with van der Waals surface area (Å²) in [5.74, 6) is 0. The first kappa shape index (κ1) is 12.0. The minimum atomic E-state index is -4.42. The van der Waals surface area contributed by atoms with Gasteiger partial charge in [0.2, 0.25) is 0 Å². The number of aromatic nitrogens is 2. The topological polar surface area (TPSA) is 64.1 Å². The van der Waals surface area contributed by atoms with Gasteiger partial charge >= 0.3 is 6.18 Å². The molecule has 0 aromatic carbocycles. The standard InChI is InChI=1S/C8H12F3N3O/c9-8(10,11)7-1-3-14(13-7)5-6(12)2-4-15/h1,3,6,15H,2,4-5,12H2. The number of hydrogen-bond donors (Lipinski definition) is 2. The molecular weight excluding hydrogens is 211 g/mol. The summed E-state index contributed by atoms with van der Waals surface area (Å²) in [6.07, 6.45) is -2.87. The maximum Gasteiger partial charge on any atom is 0.435 e. The monoisotopic (exact) mass is 223 g/mol. The molecule has 0 saturated carbocycles. The predicted molar refractivity (Wildman–Crippen MR) is 46.9 cm³/mol. The Kier molecular flexibility index (Phi) is 3.70. The number of rotatable bonds is 4. The smallest absolute Gasteiger partial charge is 0.396 e. The first-order chi connectivity index (χ1) is 6.93. The molecule has 1 atom stereocenters. The molecule has 0 bridgehead atoms. The summed E-state index contributed by atoms with van der Waals surface area (Å²) >= 11 is 0. The lowest BCUT2D eigenvalue weighted by Crippen LogP contribution is -2.27.